The number of carbonyl (C=O) groups is 2. The minimum atomic E-state index is -0.370. The Morgan fingerprint density at radius 2 is 1.91 bits per heavy atom. The SMILES string of the molecule is Br.COC(=O)C=Cc1ccc(CN2C=CN(C(C)=O)C2)cc1. The normalized spacial score (nSPS) is 13.4. The zero-order chi connectivity index (χ0) is 15.2. The number of nitrogens with zero attached hydrogens (tertiary/aromatic N) is 2. The number of methoxy groups -OCH3 is 1. The van der Waals surface area contributed by atoms with Gasteiger partial charge in [-0.3, -0.25) is 9.69 Å². The van der Waals surface area contributed by atoms with Crippen LogP contribution in [0.4, 0.5) is 0 Å². The van der Waals surface area contributed by atoms with Gasteiger partial charge in [-0.1, -0.05) is 24.3 Å². The fraction of sp³-hybridized carbons (Fsp3) is 0.250. The van der Waals surface area contributed by atoms with E-state index in [0.717, 1.165) is 17.7 Å². The predicted octanol–water partition coefficient (Wildman–Crippen LogP) is 2.54. The minimum absolute atomic E-state index is 0. The maximum absolute atomic E-state index is 11.2. The largest absolute Gasteiger partial charge is 0.466 e. The average molecular weight is 367 g/mol. The molecular formula is C16H19BrN2O3. The van der Waals surface area contributed by atoms with Crippen LogP contribution in [-0.4, -0.2) is 35.5 Å². The topological polar surface area (TPSA) is 49.9 Å². The number of hydrogen-bond acceptors (Lipinski definition) is 4. The molecule has 1 aliphatic rings. The molecule has 0 unspecified atom stereocenters. The molecule has 0 N–H and O–H groups in total. The van der Waals surface area contributed by atoms with Gasteiger partial charge in [0, 0.05) is 31.9 Å². The third kappa shape index (κ3) is 5.04. The van der Waals surface area contributed by atoms with Gasteiger partial charge in [0.05, 0.1) is 13.8 Å². The van der Waals surface area contributed by atoms with Crippen molar-refractivity contribution < 1.29 is 14.3 Å². The number of hydrogen-bond donors (Lipinski definition) is 0. The molecule has 1 amide bonds. The Labute approximate surface area is 140 Å². The van der Waals surface area contributed by atoms with Crippen molar-refractivity contribution in [3.05, 3.63) is 53.9 Å². The number of rotatable bonds is 4. The maximum Gasteiger partial charge on any atom is 0.330 e. The Kier molecular flexibility index (Phi) is 6.85. The first-order valence-electron chi connectivity index (χ1n) is 6.63. The molecule has 1 aromatic rings. The molecule has 0 bridgehead atoms. The van der Waals surface area contributed by atoms with Crippen molar-refractivity contribution in [3.8, 4) is 0 Å². The van der Waals surface area contributed by atoms with Gasteiger partial charge < -0.3 is 9.64 Å². The zero-order valence-electron chi connectivity index (χ0n) is 12.6. The van der Waals surface area contributed by atoms with Crippen LogP contribution in [0.1, 0.15) is 18.1 Å². The molecule has 6 heteroatoms. The third-order valence-corrected chi connectivity index (χ3v) is 3.17. The second-order valence-electron chi connectivity index (χ2n) is 4.77. The predicted molar refractivity (Wildman–Crippen MR) is 89.9 cm³/mol. The first kappa shape index (κ1) is 18.0. The smallest absolute Gasteiger partial charge is 0.330 e. The van der Waals surface area contributed by atoms with E-state index < -0.39 is 0 Å². The van der Waals surface area contributed by atoms with Crippen LogP contribution in [0, 0.1) is 0 Å². The van der Waals surface area contributed by atoms with Crippen molar-refractivity contribution in [3.63, 3.8) is 0 Å². The van der Waals surface area contributed by atoms with Gasteiger partial charge in [-0.2, -0.15) is 0 Å². The molecule has 1 aromatic carbocycles. The molecular weight excluding hydrogens is 348 g/mol. The van der Waals surface area contributed by atoms with E-state index in [4.69, 9.17) is 0 Å². The highest BCUT2D eigenvalue weighted by molar-refractivity contribution is 8.93. The van der Waals surface area contributed by atoms with Crippen LogP contribution < -0.4 is 0 Å². The summed E-state index contributed by atoms with van der Waals surface area (Å²) in [6.07, 6.45) is 6.80. The van der Waals surface area contributed by atoms with Crippen LogP contribution in [0.25, 0.3) is 6.08 Å². The Hall–Kier alpha value is -2.08. The standard InChI is InChI=1S/C16H18N2O3.BrH/c1-13(19)18-10-9-17(12-18)11-15-5-3-14(4-6-15)7-8-16(20)21-2;/h3-10H,11-12H2,1-2H3;1H. The molecule has 0 saturated carbocycles. The molecule has 0 saturated heterocycles. The monoisotopic (exact) mass is 366 g/mol. The lowest BCUT2D eigenvalue weighted by Crippen LogP contribution is -2.28. The fourth-order valence-electron chi connectivity index (χ4n) is 1.97. The van der Waals surface area contributed by atoms with Crippen molar-refractivity contribution >= 4 is 34.9 Å². The molecule has 118 valence electrons. The van der Waals surface area contributed by atoms with Gasteiger partial charge in [0.1, 0.15) is 0 Å². The summed E-state index contributed by atoms with van der Waals surface area (Å²) in [6, 6.07) is 7.89. The number of amides is 1. The van der Waals surface area contributed by atoms with Gasteiger partial charge in [-0.05, 0) is 17.2 Å². The van der Waals surface area contributed by atoms with Gasteiger partial charge in [0.25, 0.3) is 0 Å². The first-order chi connectivity index (χ1) is 10.1. The number of halogens is 1. The molecule has 0 aliphatic carbocycles. The third-order valence-electron chi connectivity index (χ3n) is 3.17. The van der Waals surface area contributed by atoms with Crippen LogP contribution in [0.15, 0.2) is 42.7 Å². The molecule has 1 aliphatic heterocycles. The van der Waals surface area contributed by atoms with Gasteiger partial charge >= 0.3 is 5.97 Å². The summed E-state index contributed by atoms with van der Waals surface area (Å²) < 4.78 is 4.54. The molecule has 22 heavy (non-hydrogen) atoms. The lowest BCUT2D eigenvalue weighted by atomic mass is 10.1. The number of esters is 1. The summed E-state index contributed by atoms with van der Waals surface area (Å²) >= 11 is 0. The highest BCUT2D eigenvalue weighted by Crippen LogP contribution is 2.13. The van der Waals surface area contributed by atoms with Crippen LogP contribution in [0.3, 0.4) is 0 Å². The first-order valence-corrected chi connectivity index (χ1v) is 6.63. The van der Waals surface area contributed by atoms with E-state index in [0.29, 0.717) is 6.67 Å². The Morgan fingerprint density at radius 3 is 2.45 bits per heavy atom. The van der Waals surface area contributed by atoms with Crippen LogP contribution in [-0.2, 0) is 20.9 Å². The van der Waals surface area contributed by atoms with Crippen LogP contribution in [0.5, 0.6) is 0 Å². The minimum Gasteiger partial charge on any atom is -0.466 e. The van der Waals surface area contributed by atoms with E-state index in [1.54, 1.807) is 24.1 Å². The highest BCUT2D eigenvalue weighted by Gasteiger charge is 2.15. The van der Waals surface area contributed by atoms with Crippen molar-refractivity contribution in [1.82, 2.24) is 9.80 Å². The maximum atomic E-state index is 11.2. The van der Waals surface area contributed by atoms with Gasteiger partial charge in [-0.25, -0.2) is 4.79 Å². The van der Waals surface area contributed by atoms with Crippen LogP contribution >= 0.6 is 17.0 Å². The number of carbonyl (C=O) groups excluding carboxylic acids is 2. The molecule has 0 radical (unpaired) electrons. The number of ether oxygens (including phenoxy) is 1. The van der Waals surface area contributed by atoms with E-state index in [1.165, 1.54) is 13.2 Å². The van der Waals surface area contributed by atoms with Crippen molar-refractivity contribution in [1.29, 1.82) is 0 Å². The van der Waals surface area contributed by atoms with E-state index in [2.05, 4.69) is 9.64 Å². The summed E-state index contributed by atoms with van der Waals surface area (Å²) in [6.45, 7) is 2.87. The zero-order valence-corrected chi connectivity index (χ0v) is 14.3. The lowest BCUT2D eigenvalue weighted by molar-refractivity contribution is -0.134. The summed E-state index contributed by atoms with van der Waals surface area (Å²) in [4.78, 5) is 26.0. The highest BCUT2D eigenvalue weighted by atomic mass is 79.9. The number of benzene rings is 1. The molecule has 1 heterocycles. The van der Waals surface area contributed by atoms with Gasteiger partial charge in [0.15, 0.2) is 0 Å². The Morgan fingerprint density at radius 1 is 1.23 bits per heavy atom. The van der Waals surface area contributed by atoms with E-state index in [-0.39, 0.29) is 28.9 Å². The second-order valence-corrected chi connectivity index (χ2v) is 4.77. The average Bonchev–Trinajstić information content (AvgIpc) is 2.95. The quantitative estimate of drug-likeness (QED) is 0.606. The van der Waals surface area contributed by atoms with Crippen molar-refractivity contribution in [2.45, 2.75) is 13.5 Å². The molecule has 0 aromatic heterocycles. The Bertz CT molecular complexity index is 582. The van der Waals surface area contributed by atoms with E-state index in [9.17, 15) is 9.59 Å². The lowest BCUT2D eigenvalue weighted by Gasteiger charge is -2.19. The van der Waals surface area contributed by atoms with Crippen molar-refractivity contribution in [2.24, 2.45) is 0 Å². The van der Waals surface area contributed by atoms with Crippen LogP contribution in [0.2, 0.25) is 0 Å². The molecule has 0 atom stereocenters. The molecule has 0 spiro atoms. The molecule has 2 rings (SSSR count). The van der Waals surface area contributed by atoms with Gasteiger partial charge in [-0.15, -0.1) is 17.0 Å². The fourth-order valence-corrected chi connectivity index (χ4v) is 1.97. The van der Waals surface area contributed by atoms with Gasteiger partial charge in [0.2, 0.25) is 5.91 Å². The molecule has 5 nitrogen and oxygen atoms in total. The Balaban J connectivity index is 0.00000242. The summed E-state index contributed by atoms with van der Waals surface area (Å²) in [5.74, 6) is -0.331. The summed E-state index contributed by atoms with van der Waals surface area (Å²) in [5.41, 5.74) is 2.08. The molecule has 0 fully saturated rings. The van der Waals surface area contributed by atoms with E-state index in [1.807, 2.05) is 30.5 Å². The second kappa shape index (κ2) is 8.38. The van der Waals surface area contributed by atoms with E-state index >= 15 is 0 Å². The summed E-state index contributed by atoms with van der Waals surface area (Å²) in [5, 5.41) is 0. The summed E-state index contributed by atoms with van der Waals surface area (Å²) in [7, 11) is 1.35. The van der Waals surface area contributed by atoms with Crippen molar-refractivity contribution in [2.75, 3.05) is 13.8 Å².